The van der Waals surface area contributed by atoms with Crippen LogP contribution in [0.1, 0.15) is 31.7 Å². The van der Waals surface area contributed by atoms with E-state index in [2.05, 4.69) is 10.3 Å². The van der Waals surface area contributed by atoms with E-state index in [-0.39, 0.29) is 16.6 Å². The molecule has 1 N–H and O–H groups in total. The third kappa shape index (κ3) is 3.25. The van der Waals surface area contributed by atoms with Gasteiger partial charge in [-0.15, -0.1) is 0 Å². The number of benzene rings is 1. The van der Waals surface area contributed by atoms with Gasteiger partial charge in [0.2, 0.25) is 0 Å². The molecule has 1 aliphatic rings. The number of sulfone groups is 1. The quantitative estimate of drug-likeness (QED) is 0.745. The van der Waals surface area contributed by atoms with Gasteiger partial charge in [0.25, 0.3) is 0 Å². The molecule has 142 valence electrons. The van der Waals surface area contributed by atoms with Crippen molar-refractivity contribution < 1.29 is 8.42 Å². The van der Waals surface area contributed by atoms with E-state index in [0.717, 1.165) is 36.7 Å². The summed E-state index contributed by atoms with van der Waals surface area (Å²) < 4.78 is 27.0. The van der Waals surface area contributed by atoms with E-state index in [0.29, 0.717) is 11.5 Å². The van der Waals surface area contributed by atoms with Crippen LogP contribution in [0.2, 0.25) is 0 Å². The average Bonchev–Trinajstić information content (AvgIpc) is 3.22. The normalized spacial score (nSPS) is 15.5. The molecule has 27 heavy (non-hydrogen) atoms. The summed E-state index contributed by atoms with van der Waals surface area (Å²) in [5, 5.41) is 3.15. The Morgan fingerprint density at radius 3 is 2.59 bits per heavy atom. The van der Waals surface area contributed by atoms with Crippen molar-refractivity contribution in [1.82, 2.24) is 14.1 Å². The third-order valence-corrected chi connectivity index (χ3v) is 6.31. The highest BCUT2D eigenvalue weighted by atomic mass is 32.2. The zero-order chi connectivity index (χ0) is 19.2. The van der Waals surface area contributed by atoms with Crippen molar-refractivity contribution in [3.05, 3.63) is 47.0 Å². The predicted molar refractivity (Wildman–Crippen MR) is 105 cm³/mol. The zero-order valence-electron chi connectivity index (χ0n) is 15.3. The number of fused-ring (bicyclic) bond motifs is 1. The summed E-state index contributed by atoms with van der Waals surface area (Å²) in [7, 11) is -1.52. The van der Waals surface area contributed by atoms with Gasteiger partial charge < -0.3 is 5.32 Å². The maximum absolute atomic E-state index is 12.7. The van der Waals surface area contributed by atoms with Crippen LogP contribution in [0.4, 0.5) is 11.5 Å². The first-order valence-corrected chi connectivity index (χ1v) is 10.9. The molecule has 0 spiro atoms. The minimum Gasteiger partial charge on any atom is -0.340 e. The molecule has 0 amide bonds. The standard InChI is InChI=1S/C19H22N4O3S/c1-22-17-12-20-18(21-13-6-5-9-15(10-13)27(2,25)26)11-16(17)23(19(22)24)14-7-3-4-8-14/h5-6,9-12,14H,3-4,7-8H2,1-2H3,(H,20,21). The molecule has 1 aromatic carbocycles. The van der Waals surface area contributed by atoms with Crippen molar-refractivity contribution in [3.8, 4) is 0 Å². The van der Waals surface area contributed by atoms with Gasteiger partial charge in [0, 0.05) is 31.1 Å². The number of pyridine rings is 1. The van der Waals surface area contributed by atoms with E-state index in [1.165, 1.54) is 6.26 Å². The van der Waals surface area contributed by atoms with Crippen molar-refractivity contribution >= 4 is 32.4 Å². The van der Waals surface area contributed by atoms with Crippen LogP contribution in [0.25, 0.3) is 11.0 Å². The Morgan fingerprint density at radius 2 is 1.89 bits per heavy atom. The fraction of sp³-hybridized carbons (Fsp3) is 0.368. The van der Waals surface area contributed by atoms with Crippen molar-refractivity contribution in [2.45, 2.75) is 36.6 Å². The minimum atomic E-state index is -3.28. The molecule has 0 atom stereocenters. The van der Waals surface area contributed by atoms with Crippen LogP contribution < -0.4 is 11.0 Å². The molecular weight excluding hydrogens is 364 g/mol. The van der Waals surface area contributed by atoms with Gasteiger partial charge in [-0.25, -0.2) is 18.2 Å². The summed E-state index contributed by atoms with van der Waals surface area (Å²) in [4.78, 5) is 17.4. The number of nitrogens with zero attached hydrogens (tertiary/aromatic N) is 3. The highest BCUT2D eigenvalue weighted by Gasteiger charge is 2.23. The second-order valence-corrected chi connectivity index (χ2v) is 9.15. The Morgan fingerprint density at radius 1 is 1.15 bits per heavy atom. The molecule has 1 saturated carbocycles. The van der Waals surface area contributed by atoms with E-state index in [9.17, 15) is 13.2 Å². The molecule has 1 fully saturated rings. The Labute approximate surface area is 157 Å². The van der Waals surface area contributed by atoms with Crippen molar-refractivity contribution in [2.75, 3.05) is 11.6 Å². The van der Waals surface area contributed by atoms with Gasteiger partial charge in [-0.1, -0.05) is 18.9 Å². The number of aryl methyl sites for hydroxylation is 1. The number of hydrogen-bond acceptors (Lipinski definition) is 5. The lowest BCUT2D eigenvalue weighted by Gasteiger charge is -2.12. The maximum atomic E-state index is 12.7. The first-order chi connectivity index (χ1) is 12.8. The lowest BCUT2D eigenvalue weighted by atomic mass is 10.2. The SMILES string of the molecule is Cn1c(=O)n(C2CCCC2)c2cc(Nc3cccc(S(C)(=O)=O)c3)ncc21. The van der Waals surface area contributed by atoms with Gasteiger partial charge >= 0.3 is 5.69 Å². The molecule has 1 aliphatic carbocycles. The molecule has 0 aliphatic heterocycles. The van der Waals surface area contributed by atoms with E-state index in [1.807, 2.05) is 10.6 Å². The highest BCUT2D eigenvalue weighted by molar-refractivity contribution is 7.90. The van der Waals surface area contributed by atoms with Gasteiger partial charge in [0.1, 0.15) is 5.82 Å². The number of rotatable bonds is 4. The van der Waals surface area contributed by atoms with Crippen molar-refractivity contribution in [2.24, 2.45) is 7.05 Å². The molecule has 2 aromatic heterocycles. The fourth-order valence-electron chi connectivity index (χ4n) is 3.79. The zero-order valence-corrected chi connectivity index (χ0v) is 16.2. The van der Waals surface area contributed by atoms with Crippen LogP contribution in [-0.4, -0.2) is 28.8 Å². The summed E-state index contributed by atoms with van der Waals surface area (Å²) >= 11 is 0. The van der Waals surface area contributed by atoms with Gasteiger partial charge in [-0.05, 0) is 31.0 Å². The van der Waals surface area contributed by atoms with E-state index in [4.69, 9.17) is 0 Å². The monoisotopic (exact) mass is 386 g/mol. The molecule has 0 bridgehead atoms. The van der Waals surface area contributed by atoms with Gasteiger partial charge in [0.15, 0.2) is 9.84 Å². The average molecular weight is 386 g/mol. The summed E-state index contributed by atoms with van der Waals surface area (Å²) in [6.45, 7) is 0. The van der Waals surface area contributed by atoms with Crippen LogP contribution in [0.3, 0.4) is 0 Å². The molecule has 2 heterocycles. The van der Waals surface area contributed by atoms with Crippen molar-refractivity contribution in [3.63, 3.8) is 0 Å². The number of hydrogen-bond donors (Lipinski definition) is 1. The van der Waals surface area contributed by atoms with E-state index >= 15 is 0 Å². The lowest BCUT2D eigenvalue weighted by molar-refractivity contribution is 0.509. The van der Waals surface area contributed by atoms with Gasteiger partial charge in [-0.2, -0.15) is 0 Å². The van der Waals surface area contributed by atoms with Crippen LogP contribution in [0.5, 0.6) is 0 Å². The number of aromatic nitrogens is 3. The summed E-state index contributed by atoms with van der Waals surface area (Å²) in [6.07, 6.45) is 7.18. The van der Waals surface area contributed by atoms with Crippen LogP contribution in [-0.2, 0) is 16.9 Å². The lowest BCUT2D eigenvalue weighted by Crippen LogP contribution is -2.24. The molecule has 0 saturated heterocycles. The Hall–Kier alpha value is -2.61. The predicted octanol–water partition coefficient (Wildman–Crippen LogP) is 3.00. The molecule has 3 aromatic rings. The molecule has 0 unspecified atom stereocenters. The van der Waals surface area contributed by atoms with Gasteiger partial charge in [-0.3, -0.25) is 9.13 Å². The van der Waals surface area contributed by atoms with Crippen molar-refractivity contribution in [1.29, 1.82) is 0 Å². The number of imidazole rings is 1. The summed E-state index contributed by atoms with van der Waals surface area (Å²) in [5.74, 6) is 0.575. The fourth-order valence-corrected chi connectivity index (χ4v) is 4.46. The number of nitrogens with one attached hydrogen (secondary N) is 1. The van der Waals surface area contributed by atoms with Gasteiger partial charge in [0.05, 0.1) is 22.1 Å². The highest BCUT2D eigenvalue weighted by Crippen LogP contribution is 2.31. The van der Waals surface area contributed by atoms with E-state index in [1.54, 1.807) is 42.1 Å². The first-order valence-electron chi connectivity index (χ1n) is 8.99. The van der Waals surface area contributed by atoms with Crippen LogP contribution in [0, 0.1) is 0 Å². The maximum Gasteiger partial charge on any atom is 0.329 e. The smallest absolute Gasteiger partial charge is 0.329 e. The Bertz CT molecular complexity index is 1170. The Balaban J connectivity index is 1.76. The molecule has 0 radical (unpaired) electrons. The largest absolute Gasteiger partial charge is 0.340 e. The molecule has 7 nitrogen and oxygen atoms in total. The van der Waals surface area contributed by atoms with Crippen LogP contribution in [0.15, 0.2) is 46.2 Å². The molecule has 4 rings (SSSR count). The topological polar surface area (TPSA) is 86.0 Å². The second kappa shape index (κ2) is 6.53. The second-order valence-electron chi connectivity index (χ2n) is 7.13. The third-order valence-electron chi connectivity index (χ3n) is 5.20. The Kier molecular flexibility index (Phi) is 4.30. The molecule has 8 heteroatoms. The van der Waals surface area contributed by atoms with Crippen LogP contribution >= 0.6 is 0 Å². The van der Waals surface area contributed by atoms with E-state index < -0.39 is 9.84 Å². The molecular formula is C19H22N4O3S. The minimum absolute atomic E-state index is 0.0186. The summed E-state index contributed by atoms with van der Waals surface area (Å²) in [5.41, 5.74) is 2.26. The summed E-state index contributed by atoms with van der Waals surface area (Å²) in [6, 6.07) is 8.71. The number of anilines is 2. The first kappa shape index (κ1) is 17.8.